The number of hydrogen-bond acceptors (Lipinski definition) is 4. The minimum absolute atomic E-state index is 0.0299. The van der Waals surface area contributed by atoms with Gasteiger partial charge in [0.1, 0.15) is 0 Å². The minimum atomic E-state index is -0.461. The summed E-state index contributed by atoms with van der Waals surface area (Å²) in [6.07, 6.45) is 4.45. The number of non-ortho nitro benzene ring substituents is 1. The molecular weight excluding hydrogens is 282 g/mol. The van der Waals surface area contributed by atoms with Crippen LogP contribution in [0.25, 0.3) is 0 Å². The Morgan fingerprint density at radius 3 is 2.50 bits per heavy atom. The Balaban J connectivity index is 1.67. The van der Waals surface area contributed by atoms with Crippen molar-refractivity contribution in [2.24, 2.45) is 5.41 Å². The van der Waals surface area contributed by atoms with E-state index in [1.165, 1.54) is 25.0 Å². The zero-order valence-electron chi connectivity index (χ0n) is 12.6. The van der Waals surface area contributed by atoms with Crippen LogP contribution in [-0.2, 0) is 0 Å². The lowest BCUT2D eigenvalue weighted by atomic mass is 9.71. The van der Waals surface area contributed by atoms with E-state index in [2.05, 4.69) is 5.32 Å². The molecule has 0 bridgehead atoms. The van der Waals surface area contributed by atoms with Crippen molar-refractivity contribution >= 4 is 11.6 Å². The van der Waals surface area contributed by atoms with Crippen LogP contribution in [0, 0.1) is 15.5 Å². The molecule has 1 spiro atoms. The van der Waals surface area contributed by atoms with Gasteiger partial charge in [0.25, 0.3) is 11.6 Å². The summed E-state index contributed by atoms with van der Waals surface area (Å²) in [5.74, 6) is -0.0903. The van der Waals surface area contributed by atoms with Crippen molar-refractivity contribution in [2.75, 3.05) is 26.2 Å². The standard InChI is InChI=1S/C16H21N3O3/c20-15(13-2-1-3-14(12-13)19(21)22)18-10-6-16(7-11-18)4-8-17-9-5-16/h1-3,12,17H,4-11H2. The van der Waals surface area contributed by atoms with Crippen LogP contribution in [0.15, 0.2) is 24.3 Å². The topological polar surface area (TPSA) is 75.5 Å². The summed E-state index contributed by atoms with van der Waals surface area (Å²) in [5, 5.41) is 14.2. The van der Waals surface area contributed by atoms with Crippen LogP contribution in [0.1, 0.15) is 36.0 Å². The van der Waals surface area contributed by atoms with E-state index in [-0.39, 0.29) is 11.6 Å². The third kappa shape index (κ3) is 2.97. The number of nitrogens with one attached hydrogen (secondary N) is 1. The molecule has 2 saturated heterocycles. The Morgan fingerprint density at radius 1 is 1.18 bits per heavy atom. The molecule has 1 amide bonds. The molecule has 0 aromatic heterocycles. The maximum absolute atomic E-state index is 12.5. The molecule has 2 aliphatic heterocycles. The van der Waals surface area contributed by atoms with E-state index in [1.54, 1.807) is 12.1 Å². The average molecular weight is 303 g/mol. The highest BCUT2D eigenvalue weighted by atomic mass is 16.6. The maximum atomic E-state index is 12.5. The number of likely N-dealkylation sites (tertiary alicyclic amines) is 1. The Morgan fingerprint density at radius 2 is 1.86 bits per heavy atom. The van der Waals surface area contributed by atoms with Gasteiger partial charge in [0.05, 0.1) is 4.92 Å². The molecule has 2 heterocycles. The average Bonchev–Trinajstić information content (AvgIpc) is 2.56. The van der Waals surface area contributed by atoms with Crippen molar-refractivity contribution in [2.45, 2.75) is 25.7 Å². The van der Waals surface area contributed by atoms with Gasteiger partial charge < -0.3 is 10.2 Å². The summed E-state index contributed by atoms with van der Waals surface area (Å²) >= 11 is 0. The minimum Gasteiger partial charge on any atom is -0.339 e. The van der Waals surface area contributed by atoms with Gasteiger partial charge in [-0.15, -0.1) is 0 Å². The smallest absolute Gasteiger partial charge is 0.270 e. The van der Waals surface area contributed by atoms with Gasteiger partial charge in [-0.2, -0.15) is 0 Å². The molecule has 118 valence electrons. The van der Waals surface area contributed by atoms with Gasteiger partial charge in [-0.1, -0.05) is 6.07 Å². The van der Waals surface area contributed by atoms with E-state index < -0.39 is 4.92 Å². The number of carbonyl (C=O) groups is 1. The molecule has 2 aliphatic rings. The number of nitro benzene ring substituents is 1. The van der Waals surface area contributed by atoms with Crippen molar-refractivity contribution in [3.63, 3.8) is 0 Å². The summed E-state index contributed by atoms with van der Waals surface area (Å²) < 4.78 is 0. The SMILES string of the molecule is O=C(c1cccc([N+](=O)[O-])c1)N1CCC2(CCNCC2)CC1. The van der Waals surface area contributed by atoms with Crippen LogP contribution in [0.5, 0.6) is 0 Å². The first-order valence-electron chi connectivity index (χ1n) is 7.84. The van der Waals surface area contributed by atoms with E-state index in [0.717, 1.165) is 39.0 Å². The number of rotatable bonds is 2. The number of amides is 1. The second-order valence-corrected chi connectivity index (χ2v) is 6.35. The van der Waals surface area contributed by atoms with E-state index in [0.29, 0.717) is 11.0 Å². The lowest BCUT2D eigenvalue weighted by Crippen LogP contribution is -2.47. The highest BCUT2D eigenvalue weighted by Crippen LogP contribution is 2.39. The molecule has 6 heteroatoms. The number of benzene rings is 1. The molecule has 1 aromatic rings. The van der Waals surface area contributed by atoms with Crippen molar-refractivity contribution < 1.29 is 9.72 Å². The number of hydrogen-bond donors (Lipinski definition) is 1. The van der Waals surface area contributed by atoms with Crippen molar-refractivity contribution in [3.05, 3.63) is 39.9 Å². The van der Waals surface area contributed by atoms with E-state index in [1.807, 2.05) is 4.90 Å². The number of nitro groups is 1. The lowest BCUT2D eigenvalue weighted by Gasteiger charge is -2.44. The Kier molecular flexibility index (Phi) is 4.11. The van der Waals surface area contributed by atoms with E-state index in [9.17, 15) is 14.9 Å². The highest BCUT2D eigenvalue weighted by Gasteiger charge is 2.36. The first-order valence-corrected chi connectivity index (χ1v) is 7.84. The summed E-state index contributed by atoms with van der Waals surface area (Å²) in [6.45, 7) is 3.64. The summed E-state index contributed by atoms with van der Waals surface area (Å²) in [5.41, 5.74) is 0.776. The molecule has 1 aromatic carbocycles. The predicted octanol–water partition coefficient (Wildman–Crippen LogP) is 2.20. The highest BCUT2D eigenvalue weighted by molar-refractivity contribution is 5.94. The molecule has 0 aliphatic carbocycles. The largest absolute Gasteiger partial charge is 0.339 e. The molecule has 22 heavy (non-hydrogen) atoms. The Labute approximate surface area is 129 Å². The van der Waals surface area contributed by atoms with Gasteiger partial charge in [0.15, 0.2) is 0 Å². The number of carbonyl (C=O) groups excluding carboxylic acids is 1. The van der Waals surface area contributed by atoms with Crippen LogP contribution >= 0.6 is 0 Å². The third-order valence-electron chi connectivity index (χ3n) is 5.08. The van der Waals surface area contributed by atoms with E-state index in [4.69, 9.17) is 0 Å². The Bertz CT molecular complexity index is 572. The Hall–Kier alpha value is -1.95. The molecular formula is C16H21N3O3. The van der Waals surface area contributed by atoms with Gasteiger partial charge in [-0.25, -0.2) is 0 Å². The fraction of sp³-hybridized carbons (Fsp3) is 0.562. The van der Waals surface area contributed by atoms with Crippen molar-refractivity contribution in [3.8, 4) is 0 Å². The summed E-state index contributed by atoms with van der Waals surface area (Å²) in [6, 6.07) is 6.02. The fourth-order valence-electron chi connectivity index (χ4n) is 3.58. The normalized spacial score (nSPS) is 20.8. The third-order valence-corrected chi connectivity index (χ3v) is 5.08. The lowest BCUT2D eigenvalue weighted by molar-refractivity contribution is -0.384. The molecule has 3 rings (SSSR count). The predicted molar refractivity (Wildman–Crippen MR) is 82.8 cm³/mol. The van der Waals surface area contributed by atoms with Crippen LogP contribution in [-0.4, -0.2) is 41.9 Å². The molecule has 0 radical (unpaired) electrons. The van der Waals surface area contributed by atoms with Crippen molar-refractivity contribution in [1.29, 1.82) is 0 Å². The summed E-state index contributed by atoms with van der Waals surface area (Å²) in [4.78, 5) is 24.7. The molecule has 6 nitrogen and oxygen atoms in total. The van der Waals surface area contributed by atoms with Gasteiger partial charge in [0, 0.05) is 30.8 Å². The van der Waals surface area contributed by atoms with Gasteiger partial charge in [-0.3, -0.25) is 14.9 Å². The first-order chi connectivity index (χ1) is 10.6. The van der Waals surface area contributed by atoms with Gasteiger partial charge >= 0.3 is 0 Å². The summed E-state index contributed by atoms with van der Waals surface area (Å²) in [7, 11) is 0. The fourth-order valence-corrected chi connectivity index (χ4v) is 3.58. The first kappa shape index (κ1) is 15.0. The second kappa shape index (κ2) is 6.04. The molecule has 0 saturated carbocycles. The number of nitrogens with zero attached hydrogens (tertiary/aromatic N) is 2. The van der Waals surface area contributed by atoms with Crippen LogP contribution in [0.2, 0.25) is 0 Å². The van der Waals surface area contributed by atoms with Crippen LogP contribution < -0.4 is 5.32 Å². The maximum Gasteiger partial charge on any atom is 0.270 e. The molecule has 2 fully saturated rings. The zero-order valence-corrected chi connectivity index (χ0v) is 12.6. The van der Waals surface area contributed by atoms with Gasteiger partial charge in [0.2, 0.25) is 0 Å². The van der Waals surface area contributed by atoms with Crippen LogP contribution in [0.3, 0.4) is 0 Å². The quantitative estimate of drug-likeness (QED) is 0.671. The molecule has 0 atom stereocenters. The number of piperidine rings is 2. The van der Waals surface area contributed by atoms with Crippen LogP contribution in [0.4, 0.5) is 5.69 Å². The second-order valence-electron chi connectivity index (χ2n) is 6.35. The van der Waals surface area contributed by atoms with Crippen molar-refractivity contribution in [1.82, 2.24) is 10.2 Å². The van der Waals surface area contributed by atoms with E-state index >= 15 is 0 Å². The molecule has 0 unspecified atom stereocenters. The van der Waals surface area contributed by atoms with Gasteiger partial charge in [-0.05, 0) is 50.3 Å². The monoisotopic (exact) mass is 303 g/mol. The molecule has 1 N–H and O–H groups in total. The zero-order chi connectivity index (χ0) is 15.6.